The minimum absolute atomic E-state index is 0.702. The molecule has 0 aliphatic heterocycles. The number of fused-ring (bicyclic) bond motifs is 6. The van der Waals surface area contributed by atoms with Gasteiger partial charge in [0, 0.05) is 34.1 Å². The van der Waals surface area contributed by atoms with Crippen molar-refractivity contribution in [1.82, 2.24) is 25.1 Å². The zero-order valence-electron chi connectivity index (χ0n) is 14.5. The molecule has 27 heavy (non-hydrogen) atoms. The summed E-state index contributed by atoms with van der Waals surface area (Å²) in [7, 11) is 0. The molecule has 0 amide bonds. The Morgan fingerprint density at radius 1 is 1.00 bits per heavy atom. The Hall–Kier alpha value is -2.92. The van der Waals surface area contributed by atoms with Gasteiger partial charge in [0.15, 0.2) is 0 Å². The highest BCUT2D eigenvalue weighted by molar-refractivity contribution is 6.36. The molecule has 1 aliphatic carbocycles. The van der Waals surface area contributed by atoms with Gasteiger partial charge in [-0.05, 0) is 55.0 Å². The average Bonchev–Trinajstić information content (AvgIpc) is 3.34. The molecule has 132 valence electrons. The third-order valence-electron chi connectivity index (χ3n) is 5.67. The van der Waals surface area contributed by atoms with Crippen LogP contribution < -0.4 is 0 Å². The van der Waals surface area contributed by atoms with Crippen molar-refractivity contribution in [2.45, 2.75) is 25.7 Å². The van der Waals surface area contributed by atoms with E-state index >= 15 is 0 Å². The summed E-state index contributed by atoms with van der Waals surface area (Å²) >= 11 is 6.52. The van der Waals surface area contributed by atoms with Crippen molar-refractivity contribution in [3.63, 3.8) is 0 Å². The van der Waals surface area contributed by atoms with Gasteiger partial charge in [-0.2, -0.15) is 5.10 Å². The van der Waals surface area contributed by atoms with Crippen molar-refractivity contribution in [2.75, 3.05) is 0 Å². The first-order chi connectivity index (χ1) is 13.3. The van der Waals surface area contributed by atoms with Crippen LogP contribution in [0, 0.1) is 0 Å². The second-order valence-electron chi connectivity index (χ2n) is 7.13. The molecule has 6 heteroatoms. The molecule has 1 aromatic carbocycles. The lowest BCUT2D eigenvalue weighted by Crippen LogP contribution is -2.07. The van der Waals surface area contributed by atoms with Gasteiger partial charge in [0.05, 0.1) is 27.9 Å². The lowest BCUT2D eigenvalue weighted by Gasteiger charge is -2.21. The van der Waals surface area contributed by atoms with E-state index in [0.29, 0.717) is 5.02 Å². The van der Waals surface area contributed by atoms with Gasteiger partial charge in [-0.3, -0.25) is 5.10 Å². The van der Waals surface area contributed by atoms with Gasteiger partial charge in [-0.25, -0.2) is 9.97 Å². The smallest absolute Gasteiger partial charge is 0.139 e. The lowest BCUT2D eigenvalue weighted by molar-refractivity contribution is 0.689. The SMILES string of the molecule is Clc1ccnc2[nH]cc(-c3nc4ccc5[nH]ncc5c4c4c3CCCC4)c12. The summed E-state index contributed by atoms with van der Waals surface area (Å²) in [5.74, 6) is 0. The highest BCUT2D eigenvalue weighted by atomic mass is 35.5. The predicted molar refractivity (Wildman–Crippen MR) is 108 cm³/mol. The number of aromatic nitrogens is 5. The summed E-state index contributed by atoms with van der Waals surface area (Å²) in [4.78, 5) is 12.8. The number of halogens is 1. The second kappa shape index (κ2) is 5.54. The molecular weight excluding hydrogens is 358 g/mol. The first-order valence-electron chi connectivity index (χ1n) is 9.21. The van der Waals surface area contributed by atoms with Crippen LogP contribution in [0.15, 0.2) is 36.8 Å². The molecule has 4 heterocycles. The first kappa shape index (κ1) is 15.2. The number of hydrogen-bond acceptors (Lipinski definition) is 3. The molecule has 6 rings (SSSR count). The Morgan fingerprint density at radius 3 is 2.81 bits per heavy atom. The third-order valence-corrected chi connectivity index (χ3v) is 5.98. The number of H-pyrrole nitrogens is 2. The fraction of sp³-hybridized carbons (Fsp3) is 0.190. The van der Waals surface area contributed by atoms with Crippen LogP contribution in [0.3, 0.4) is 0 Å². The number of pyridine rings is 2. The minimum atomic E-state index is 0.702. The van der Waals surface area contributed by atoms with Crippen molar-refractivity contribution < 1.29 is 0 Å². The van der Waals surface area contributed by atoms with Crippen molar-refractivity contribution in [3.05, 3.63) is 52.9 Å². The number of aryl methyl sites for hydroxylation is 1. The zero-order valence-corrected chi connectivity index (χ0v) is 15.3. The van der Waals surface area contributed by atoms with E-state index in [2.05, 4.69) is 32.3 Å². The molecule has 5 aromatic rings. The predicted octanol–water partition coefficient (Wildman–Crippen LogP) is 5.19. The van der Waals surface area contributed by atoms with Gasteiger partial charge in [-0.15, -0.1) is 0 Å². The second-order valence-corrected chi connectivity index (χ2v) is 7.54. The molecule has 1 aliphatic rings. The molecule has 2 N–H and O–H groups in total. The van der Waals surface area contributed by atoms with Gasteiger partial charge >= 0.3 is 0 Å². The number of nitrogens with one attached hydrogen (secondary N) is 2. The molecule has 0 radical (unpaired) electrons. The number of rotatable bonds is 1. The van der Waals surface area contributed by atoms with E-state index in [1.807, 2.05) is 18.5 Å². The summed E-state index contributed by atoms with van der Waals surface area (Å²) in [5.41, 5.74) is 7.68. The molecular formula is C21H16ClN5. The van der Waals surface area contributed by atoms with Crippen molar-refractivity contribution in [3.8, 4) is 11.3 Å². The standard InChI is InChI=1S/C21H16ClN5/c22-15-7-8-23-21-19(15)14(9-24-21)20-12-4-2-1-3-11(12)18-13-10-25-27-16(13)5-6-17(18)26-20/h5-10H,1-4H2,(H,23,24)(H,25,27). The average molecular weight is 374 g/mol. The van der Waals surface area contributed by atoms with Gasteiger partial charge in [0.2, 0.25) is 0 Å². The van der Waals surface area contributed by atoms with Gasteiger partial charge in [0.1, 0.15) is 5.65 Å². The van der Waals surface area contributed by atoms with Gasteiger partial charge in [0.25, 0.3) is 0 Å². The number of hydrogen-bond donors (Lipinski definition) is 2. The summed E-state index contributed by atoms with van der Waals surface area (Å²) in [6, 6.07) is 5.98. The number of benzene rings is 1. The maximum Gasteiger partial charge on any atom is 0.139 e. The summed E-state index contributed by atoms with van der Waals surface area (Å²) in [5, 5.41) is 11.4. The molecule has 0 atom stereocenters. The minimum Gasteiger partial charge on any atom is -0.345 e. The zero-order chi connectivity index (χ0) is 18.0. The monoisotopic (exact) mass is 373 g/mol. The Balaban J connectivity index is 1.76. The highest BCUT2D eigenvalue weighted by Gasteiger charge is 2.23. The molecule has 0 unspecified atom stereocenters. The van der Waals surface area contributed by atoms with E-state index in [4.69, 9.17) is 16.6 Å². The molecule has 0 fully saturated rings. The first-order valence-corrected chi connectivity index (χ1v) is 9.58. The number of nitrogens with zero attached hydrogens (tertiary/aromatic N) is 3. The van der Waals surface area contributed by atoms with E-state index in [1.165, 1.54) is 29.4 Å². The van der Waals surface area contributed by atoms with E-state index in [-0.39, 0.29) is 0 Å². The quantitative estimate of drug-likeness (QED) is 0.425. The molecule has 0 spiro atoms. The van der Waals surface area contributed by atoms with Gasteiger partial charge in [-0.1, -0.05) is 11.6 Å². The largest absolute Gasteiger partial charge is 0.345 e. The van der Waals surface area contributed by atoms with E-state index in [1.54, 1.807) is 6.20 Å². The summed E-state index contributed by atoms with van der Waals surface area (Å²) in [6.07, 6.45) is 10.1. The van der Waals surface area contributed by atoms with Crippen LogP contribution in [0.2, 0.25) is 5.02 Å². The van der Waals surface area contributed by atoms with Crippen LogP contribution >= 0.6 is 11.6 Å². The fourth-order valence-electron chi connectivity index (χ4n) is 4.47. The van der Waals surface area contributed by atoms with Crippen LogP contribution in [-0.4, -0.2) is 25.1 Å². The van der Waals surface area contributed by atoms with Crippen LogP contribution in [0.25, 0.3) is 44.1 Å². The Labute approximate surface area is 159 Å². The number of aromatic amines is 2. The summed E-state index contributed by atoms with van der Waals surface area (Å²) < 4.78 is 0. The topological polar surface area (TPSA) is 70.2 Å². The van der Waals surface area contributed by atoms with Crippen molar-refractivity contribution in [2.24, 2.45) is 0 Å². The van der Waals surface area contributed by atoms with Crippen LogP contribution in [0.4, 0.5) is 0 Å². The normalized spacial score (nSPS) is 14.3. The lowest BCUT2D eigenvalue weighted by atomic mass is 9.85. The maximum atomic E-state index is 6.52. The fourth-order valence-corrected chi connectivity index (χ4v) is 4.72. The maximum absolute atomic E-state index is 6.52. The van der Waals surface area contributed by atoms with Gasteiger partial charge < -0.3 is 4.98 Å². The van der Waals surface area contributed by atoms with Crippen LogP contribution in [0.5, 0.6) is 0 Å². The highest BCUT2D eigenvalue weighted by Crippen LogP contribution is 2.40. The van der Waals surface area contributed by atoms with E-state index < -0.39 is 0 Å². The molecule has 5 nitrogen and oxygen atoms in total. The molecule has 4 aromatic heterocycles. The molecule has 0 saturated carbocycles. The van der Waals surface area contributed by atoms with Crippen molar-refractivity contribution >= 4 is 44.4 Å². The third kappa shape index (κ3) is 2.09. The molecule has 0 saturated heterocycles. The van der Waals surface area contributed by atoms with Crippen LogP contribution in [0.1, 0.15) is 24.0 Å². The van der Waals surface area contributed by atoms with Crippen LogP contribution in [-0.2, 0) is 12.8 Å². The molecule has 0 bridgehead atoms. The Kier molecular flexibility index (Phi) is 3.11. The Morgan fingerprint density at radius 2 is 1.89 bits per heavy atom. The van der Waals surface area contributed by atoms with E-state index in [9.17, 15) is 0 Å². The van der Waals surface area contributed by atoms with Crippen molar-refractivity contribution in [1.29, 1.82) is 0 Å². The van der Waals surface area contributed by atoms with E-state index in [0.717, 1.165) is 51.6 Å². The Bertz CT molecular complexity index is 1350. The summed E-state index contributed by atoms with van der Waals surface area (Å²) in [6.45, 7) is 0.